The molecule has 1 aromatic carbocycles. The van der Waals surface area contributed by atoms with Crippen molar-refractivity contribution in [2.45, 2.75) is 44.6 Å². The van der Waals surface area contributed by atoms with Crippen molar-refractivity contribution in [1.82, 2.24) is 4.72 Å². The Morgan fingerprint density at radius 3 is 2.53 bits per heavy atom. The van der Waals surface area contributed by atoms with Crippen molar-refractivity contribution >= 4 is 10.0 Å². The summed E-state index contributed by atoms with van der Waals surface area (Å²) >= 11 is 0. The molecule has 4 nitrogen and oxygen atoms in total. The number of nitrogens with one attached hydrogen (secondary N) is 1. The highest BCUT2D eigenvalue weighted by molar-refractivity contribution is 7.89. The van der Waals surface area contributed by atoms with E-state index < -0.39 is 10.0 Å². The van der Waals surface area contributed by atoms with Crippen LogP contribution in [0.25, 0.3) is 0 Å². The highest BCUT2D eigenvalue weighted by Gasteiger charge is 2.21. The Morgan fingerprint density at radius 2 is 1.89 bits per heavy atom. The molecule has 0 spiro atoms. The van der Waals surface area contributed by atoms with Crippen molar-refractivity contribution in [3.63, 3.8) is 0 Å². The summed E-state index contributed by atoms with van der Waals surface area (Å²) in [7, 11) is -3.45. The van der Waals surface area contributed by atoms with Gasteiger partial charge in [-0.15, -0.1) is 0 Å². The SMILES string of the molecule is Cc1cc(C)c(S(=O)(=O)NC[C@H]2CCCO2)cc1C. The summed E-state index contributed by atoms with van der Waals surface area (Å²) in [5, 5.41) is 0. The highest BCUT2D eigenvalue weighted by atomic mass is 32.2. The molecule has 1 aliphatic rings. The molecule has 5 heteroatoms. The predicted molar refractivity (Wildman–Crippen MR) is 74.8 cm³/mol. The number of hydrogen-bond acceptors (Lipinski definition) is 3. The van der Waals surface area contributed by atoms with Crippen molar-refractivity contribution in [2.75, 3.05) is 13.2 Å². The summed E-state index contributed by atoms with van der Waals surface area (Å²) in [4.78, 5) is 0.369. The van der Waals surface area contributed by atoms with Gasteiger partial charge < -0.3 is 4.74 Å². The van der Waals surface area contributed by atoms with E-state index in [1.807, 2.05) is 26.8 Å². The minimum absolute atomic E-state index is 0.0154. The Hall–Kier alpha value is -0.910. The van der Waals surface area contributed by atoms with E-state index in [4.69, 9.17) is 4.74 Å². The molecule has 0 saturated carbocycles. The van der Waals surface area contributed by atoms with E-state index >= 15 is 0 Å². The Kier molecular flexibility index (Phi) is 4.28. The van der Waals surface area contributed by atoms with Gasteiger partial charge in [0.25, 0.3) is 0 Å². The lowest BCUT2D eigenvalue weighted by atomic mass is 10.1. The molecule has 0 radical (unpaired) electrons. The van der Waals surface area contributed by atoms with E-state index in [1.165, 1.54) is 0 Å². The van der Waals surface area contributed by atoms with Gasteiger partial charge in [-0.25, -0.2) is 13.1 Å². The number of aryl methyl sites for hydroxylation is 3. The molecule has 106 valence electrons. The number of ether oxygens (including phenoxy) is 1. The molecule has 1 N–H and O–H groups in total. The minimum Gasteiger partial charge on any atom is -0.377 e. The second kappa shape index (κ2) is 5.61. The van der Waals surface area contributed by atoms with Crippen LogP contribution in [0.1, 0.15) is 29.5 Å². The monoisotopic (exact) mass is 283 g/mol. The molecular weight excluding hydrogens is 262 g/mol. The number of rotatable bonds is 4. The van der Waals surface area contributed by atoms with E-state index in [-0.39, 0.29) is 6.10 Å². The fraction of sp³-hybridized carbons (Fsp3) is 0.571. The maximum Gasteiger partial charge on any atom is 0.240 e. The standard InChI is InChI=1S/C14H21NO3S/c1-10-7-12(3)14(8-11(10)2)19(16,17)15-9-13-5-4-6-18-13/h7-8,13,15H,4-6,9H2,1-3H3/t13-/m1/s1. The summed E-state index contributed by atoms with van der Waals surface area (Å²) in [5.74, 6) is 0. The molecule has 1 atom stereocenters. The lowest BCUT2D eigenvalue weighted by molar-refractivity contribution is 0.114. The summed E-state index contributed by atoms with van der Waals surface area (Å²) in [6.45, 7) is 6.82. The average molecular weight is 283 g/mol. The lowest BCUT2D eigenvalue weighted by Gasteiger charge is -2.14. The van der Waals surface area contributed by atoms with Gasteiger partial charge in [-0.05, 0) is 56.4 Å². The maximum atomic E-state index is 12.3. The van der Waals surface area contributed by atoms with Gasteiger partial charge >= 0.3 is 0 Å². The Bertz CT molecular complexity index is 560. The van der Waals surface area contributed by atoms with Crippen molar-refractivity contribution < 1.29 is 13.2 Å². The van der Waals surface area contributed by atoms with Crippen LogP contribution in [-0.4, -0.2) is 27.7 Å². The van der Waals surface area contributed by atoms with Crippen LogP contribution in [0.3, 0.4) is 0 Å². The number of benzene rings is 1. The summed E-state index contributed by atoms with van der Waals surface area (Å²) < 4.78 is 32.7. The Labute approximate surface area is 115 Å². The van der Waals surface area contributed by atoms with Gasteiger partial charge in [0.15, 0.2) is 0 Å². The quantitative estimate of drug-likeness (QED) is 0.920. The first kappa shape index (κ1) is 14.5. The second-order valence-corrected chi connectivity index (χ2v) is 6.92. The van der Waals surface area contributed by atoms with E-state index in [0.29, 0.717) is 11.4 Å². The van der Waals surface area contributed by atoms with Crippen molar-refractivity contribution in [3.8, 4) is 0 Å². The molecule has 2 rings (SSSR count). The molecule has 1 aliphatic heterocycles. The third kappa shape index (κ3) is 3.35. The van der Waals surface area contributed by atoms with Gasteiger partial charge in [-0.1, -0.05) is 6.07 Å². The molecule has 0 aromatic heterocycles. The van der Waals surface area contributed by atoms with Crippen molar-refractivity contribution in [2.24, 2.45) is 0 Å². The first-order valence-corrected chi connectivity index (χ1v) is 8.07. The molecule has 19 heavy (non-hydrogen) atoms. The molecule has 1 fully saturated rings. The first-order valence-electron chi connectivity index (χ1n) is 6.59. The van der Waals surface area contributed by atoms with Gasteiger partial charge in [0.05, 0.1) is 11.0 Å². The van der Waals surface area contributed by atoms with Gasteiger partial charge in [0.2, 0.25) is 10.0 Å². The zero-order chi connectivity index (χ0) is 14.0. The normalized spacial score (nSPS) is 19.8. The average Bonchev–Trinajstić information content (AvgIpc) is 2.84. The molecule has 0 unspecified atom stereocenters. The van der Waals surface area contributed by atoms with Crippen LogP contribution in [0.15, 0.2) is 17.0 Å². The summed E-state index contributed by atoms with van der Waals surface area (Å²) in [5.41, 5.74) is 2.88. The topological polar surface area (TPSA) is 55.4 Å². The van der Waals surface area contributed by atoms with E-state index in [9.17, 15) is 8.42 Å². The maximum absolute atomic E-state index is 12.3. The lowest BCUT2D eigenvalue weighted by Crippen LogP contribution is -2.32. The summed E-state index contributed by atoms with van der Waals surface area (Å²) in [6.07, 6.45) is 1.95. The molecule has 0 bridgehead atoms. The van der Waals surface area contributed by atoms with Crippen LogP contribution in [0.5, 0.6) is 0 Å². The smallest absolute Gasteiger partial charge is 0.240 e. The van der Waals surface area contributed by atoms with Crippen LogP contribution < -0.4 is 4.72 Å². The van der Waals surface area contributed by atoms with Crippen LogP contribution in [-0.2, 0) is 14.8 Å². The fourth-order valence-corrected chi connectivity index (χ4v) is 3.68. The molecular formula is C14H21NO3S. The van der Waals surface area contributed by atoms with Crippen LogP contribution >= 0.6 is 0 Å². The largest absolute Gasteiger partial charge is 0.377 e. The van der Waals surface area contributed by atoms with E-state index in [2.05, 4.69) is 4.72 Å². The van der Waals surface area contributed by atoms with Crippen LogP contribution in [0.4, 0.5) is 0 Å². The molecule has 1 heterocycles. The third-order valence-corrected chi connectivity index (χ3v) is 5.17. The minimum atomic E-state index is -3.45. The summed E-state index contributed by atoms with van der Waals surface area (Å²) in [6, 6.07) is 3.65. The van der Waals surface area contributed by atoms with Gasteiger partial charge in [0.1, 0.15) is 0 Å². The number of sulfonamides is 1. The van der Waals surface area contributed by atoms with E-state index in [0.717, 1.165) is 36.1 Å². The zero-order valence-corrected chi connectivity index (χ0v) is 12.5. The molecule has 1 aromatic rings. The number of hydrogen-bond donors (Lipinski definition) is 1. The fourth-order valence-electron chi connectivity index (χ4n) is 2.31. The third-order valence-electron chi connectivity index (χ3n) is 3.61. The van der Waals surface area contributed by atoms with Crippen molar-refractivity contribution in [1.29, 1.82) is 0 Å². The van der Waals surface area contributed by atoms with E-state index in [1.54, 1.807) is 6.07 Å². The van der Waals surface area contributed by atoms with Gasteiger partial charge in [0, 0.05) is 13.2 Å². The highest BCUT2D eigenvalue weighted by Crippen LogP contribution is 2.20. The Balaban J connectivity index is 2.16. The van der Waals surface area contributed by atoms with Crippen LogP contribution in [0.2, 0.25) is 0 Å². The predicted octanol–water partition coefficient (Wildman–Crippen LogP) is 2.07. The second-order valence-electron chi connectivity index (χ2n) is 5.19. The molecule has 1 saturated heterocycles. The van der Waals surface area contributed by atoms with Gasteiger partial charge in [-0.3, -0.25) is 0 Å². The van der Waals surface area contributed by atoms with Crippen LogP contribution in [0, 0.1) is 20.8 Å². The van der Waals surface area contributed by atoms with Gasteiger partial charge in [-0.2, -0.15) is 0 Å². The zero-order valence-electron chi connectivity index (χ0n) is 11.7. The van der Waals surface area contributed by atoms with Crippen molar-refractivity contribution in [3.05, 3.63) is 28.8 Å². The Morgan fingerprint density at radius 1 is 1.21 bits per heavy atom. The first-order chi connectivity index (χ1) is 8.90. The molecule has 0 aliphatic carbocycles. The molecule has 0 amide bonds.